The van der Waals surface area contributed by atoms with Gasteiger partial charge >= 0.3 is 12.1 Å². The Morgan fingerprint density at radius 3 is 2.19 bits per heavy atom. The number of primary amides is 1. The van der Waals surface area contributed by atoms with E-state index in [1.165, 1.54) is 6.08 Å². The van der Waals surface area contributed by atoms with Gasteiger partial charge in [-0.3, -0.25) is 9.59 Å². The second-order valence-corrected chi connectivity index (χ2v) is 8.73. The van der Waals surface area contributed by atoms with E-state index in [4.69, 9.17) is 10.5 Å². The summed E-state index contributed by atoms with van der Waals surface area (Å²) in [6, 6.07) is -2.34. The maximum absolute atomic E-state index is 12.9. The summed E-state index contributed by atoms with van der Waals surface area (Å²) < 4.78 is 5.15. The Morgan fingerprint density at radius 2 is 1.72 bits per heavy atom. The predicted octanol–water partition coefficient (Wildman–Crippen LogP) is 2.58. The number of ketones is 1. The maximum atomic E-state index is 12.9. The van der Waals surface area contributed by atoms with Crippen LogP contribution in [0.1, 0.15) is 47.5 Å². The van der Waals surface area contributed by atoms with Crippen LogP contribution in [-0.4, -0.2) is 49.1 Å². The van der Waals surface area contributed by atoms with Crippen LogP contribution in [0, 0.1) is 11.3 Å². The quantitative estimate of drug-likeness (QED) is 0.252. The lowest BCUT2D eigenvalue weighted by Crippen LogP contribution is -2.55. The van der Waals surface area contributed by atoms with E-state index >= 15 is 0 Å². The molecular formula is C23H38N4O5. The summed E-state index contributed by atoms with van der Waals surface area (Å²) in [5, 5.41) is 7.77. The first-order valence-corrected chi connectivity index (χ1v) is 10.6. The summed E-state index contributed by atoms with van der Waals surface area (Å²) >= 11 is 0. The molecule has 0 aliphatic rings. The molecule has 2 unspecified atom stereocenters. The lowest BCUT2D eigenvalue weighted by molar-refractivity contribution is -0.133. The number of ether oxygens (including phenoxy) is 1. The SMILES string of the molecule is C=C/C=C(\C=C)COC(=O)NC(C(=O)NC(CCCNC(N)=O)C(=O)C(C)(C)C)C(C)C. The van der Waals surface area contributed by atoms with Gasteiger partial charge in [-0.1, -0.05) is 66.0 Å². The van der Waals surface area contributed by atoms with Crippen LogP contribution in [-0.2, 0) is 14.3 Å². The molecule has 0 aromatic carbocycles. The largest absolute Gasteiger partial charge is 0.445 e. The zero-order chi connectivity index (χ0) is 24.9. The monoisotopic (exact) mass is 450 g/mol. The van der Waals surface area contributed by atoms with Crippen molar-refractivity contribution in [1.82, 2.24) is 16.0 Å². The maximum Gasteiger partial charge on any atom is 0.408 e. The summed E-state index contributed by atoms with van der Waals surface area (Å²) in [4.78, 5) is 48.9. The third kappa shape index (κ3) is 11.3. The lowest BCUT2D eigenvalue weighted by atomic mass is 9.84. The van der Waals surface area contributed by atoms with Crippen molar-refractivity contribution < 1.29 is 23.9 Å². The number of alkyl carbamates (subject to hydrolysis) is 1. The van der Waals surface area contributed by atoms with Crippen molar-refractivity contribution in [1.29, 1.82) is 0 Å². The lowest BCUT2D eigenvalue weighted by Gasteiger charge is -2.28. The molecule has 0 saturated heterocycles. The number of carbonyl (C=O) groups is 4. The van der Waals surface area contributed by atoms with Crippen LogP contribution in [0.4, 0.5) is 9.59 Å². The molecule has 9 heteroatoms. The minimum absolute atomic E-state index is 0.0220. The highest BCUT2D eigenvalue weighted by Crippen LogP contribution is 2.19. The van der Waals surface area contributed by atoms with Crippen LogP contribution in [0.5, 0.6) is 0 Å². The smallest absolute Gasteiger partial charge is 0.408 e. The topological polar surface area (TPSA) is 140 Å². The Morgan fingerprint density at radius 1 is 1.09 bits per heavy atom. The molecule has 4 amide bonds. The number of amides is 4. The van der Waals surface area contributed by atoms with E-state index < -0.39 is 35.5 Å². The highest BCUT2D eigenvalue weighted by atomic mass is 16.5. The van der Waals surface area contributed by atoms with Gasteiger partial charge in [0.25, 0.3) is 0 Å². The number of carbonyl (C=O) groups excluding carboxylic acids is 4. The Balaban J connectivity index is 5.22. The summed E-state index contributed by atoms with van der Waals surface area (Å²) in [5.74, 6) is -0.903. The average Bonchev–Trinajstić information content (AvgIpc) is 2.69. The molecule has 32 heavy (non-hydrogen) atoms. The standard InChI is InChI=1S/C23H38N4O5/c1-8-11-16(9-2)14-32-22(31)27-18(15(3)4)20(29)26-17(19(28)23(5,6)7)12-10-13-25-21(24)30/h8-9,11,15,17-18H,1-2,10,12-14H2,3-7H3,(H,26,29)(H,27,31)(H3,24,25,30)/b16-11+. The van der Waals surface area contributed by atoms with Crippen LogP contribution < -0.4 is 21.7 Å². The van der Waals surface area contributed by atoms with Crippen LogP contribution in [0.25, 0.3) is 0 Å². The first kappa shape index (κ1) is 28.9. The normalized spacial score (nSPS) is 13.5. The van der Waals surface area contributed by atoms with Crippen molar-refractivity contribution in [3.05, 3.63) is 37.0 Å². The van der Waals surface area contributed by atoms with Crippen molar-refractivity contribution in [3.8, 4) is 0 Å². The van der Waals surface area contributed by atoms with E-state index in [1.54, 1.807) is 46.8 Å². The van der Waals surface area contributed by atoms with Gasteiger partial charge in [-0.15, -0.1) is 0 Å². The number of urea groups is 1. The molecule has 0 saturated carbocycles. The second-order valence-electron chi connectivity index (χ2n) is 8.73. The number of nitrogens with one attached hydrogen (secondary N) is 3. The number of rotatable bonds is 13. The zero-order valence-corrected chi connectivity index (χ0v) is 19.8. The van der Waals surface area contributed by atoms with Gasteiger partial charge in [-0.05, 0) is 24.3 Å². The molecule has 0 bridgehead atoms. The molecule has 0 fully saturated rings. The molecule has 0 radical (unpaired) electrons. The number of hydrogen-bond acceptors (Lipinski definition) is 5. The highest BCUT2D eigenvalue weighted by molar-refractivity contribution is 5.94. The van der Waals surface area contributed by atoms with Gasteiger partial charge < -0.3 is 26.4 Å². The number of allylic oxidation sites excluding steroid dienone is 2. The first-order valence-electron chi connectivity index (χ1n) is 10.6. The van der Waals surface area contributed by atoms with Crippen molar-refractivity contribution in [2.24, 2.45) is 17.1 Å². The zero-order valence-electron chi connectivity index (χ0n) is 19.8. The van der Waals surface area contributed by atoms with Gasteiger partial charge in [0.15, 0.2) is 5.78 Å². The van der Waals surface area contributed by atoms with Crippen molar-refractivity contribution >= 4 is 23.8 Å². The minimum atomic E-state index is -0.905. The average molecular weight is 451 g/mol. The molecule has 0 spiro atoms. The predicted molar refractivity (Wildman–Crippen MR) is 125 cm³/mol. The van der Waals surface area contributed by atoms with Gasteiger partial charge in [0, 0.05) is 12.0 Å². The van der Waals surface area contributed by atoms with E-state index in [0.717, 1.165) is 0 Å². The Labute approximate surface area is 190 Å². The molecule has 0 aromatic heterocycles. The molecule has 0 aromatic rings. The van der Waals surface area contributed by atoms with E-state index in [9.17, 15) is 19.2 Å². The third-order valence-electron chi connectivity index (χ3n) is 4.53. The molecule has 0 aliphatic heterocycles. The third-order valence-corrected chi connectivity index (χ3v) is 4.53. The second kappa shape index (κ2) is 14.1. The van der Waals surface area contributed by atoms with E-state index in [1.807, 2.05) is 0 Å². The first-order chi connectivity index (χ1) is 14.8. The van der Waals surface area contributed by atoms with Gasteiger partial charge in [0.05, 0.1) is 6.04 Å². The summed E-state index contributed by atoms with van der Waals surface area (Å²) in [5.41, 5.74) is 5.02. The van der Waals surface area contributed by atoms with Gasteiger partial charge in [-0.25, -0.2) is 9.59 Å². The fourth-order valence-corrected chi connectivity index (χ4v) is 2.75. The molecule has 0 heterocycles. The molecule has 0 rings (SSSR count). The molecule has 5 N–H and O–H groups in total. The van der Waals surface area contributed by atoms with Crippen LogP contribution in [0.2, 0.25) is 0 Å². The highest BCUT2D eigenvalue weighted by Gasteiger charge is 2.33. The molecular weight excluding hydrogens is 412 g/mol. The Bertz CT molecular complexity index is 722. The summed E-state index contributed by atoms with van der Waals surface area (Å²) in [6.07, 6.45) is 4.73. The van der Waals surface area contributed by atoms with E-state index in [0.29, 0.717) is 18.4 Å². The van der Waals surface area contributed by atoms with Gasteiger partial charge in [-0.2, -0.15) is 0 Å². The van der Waals surface area contributed by atoms with Crippen molar-refractivity contribution in [3.63, 3.8) is 0 Å². The summed E-state index contributed by atoms with van der Waals surface area (Å²) in [6.45, 7) is 16.3. The van der Waals surface area contributed by atoms with Crippen molar-refractivity contribution in [2.75, 3.05) is 13.2 Å². The van der Waals surface area contributed by atoms with Crippen LogP contribution in [0.3, 0.4) is 0 Å². The molecule has 0 aliphatic carbocycles. The number of Topliss-reactive ketones (excluding diaryl/α,β-unsaturated/α-hetero) is 1. The van der Waals surface area contributed by atoms with Gasteiger partial charge in [0.2, 0.25) is 5.91 Å². The van der Waals surface area contributed by atoms with E-state index in [2.05, 4.69) is 29.1 Å². The van der Waals surface area contributed by atoms with Crippen LogP contribution >= 0.6 is 0 Å². The Kier molecular flexibility index (Phi) is 12.7. The molecule has 180 valence electrons. The number of nitrogens with two attached hydrogens (primary N) is 1. The number of hydrogen-bond donors (Lipinski definition) is 4. The van der Waals surface area contributed by atoms with Crippen molar-refractivity contribution in [2.45, 2.75) is 59.5 Å². The Hall–Kier alpha value is -3.10. The fourth-order valence-electron chi connectivity index (χ4n) is 2.75. The van der Waals surface area contributed by atoms with Gasteiger partial charge in [0.1, 0.15) is 12.6 Å². The van der Waals surface area contributed by atoms with E-state index in [-0.39, 0.29) is 24.9 Å². The fraction of sp³-hybridized carbons (Fsp3) is 0.565. The minimum Gasteiger partial charge on any atom is -0.445 e. The molecule has 2 atom stereocenters. The molecule has 9 nitrogen and oxygen atoms in total. The van der Waals surface area contributed by atoms with Crippen LogP contribution in [0.15, 0.2) is 37.0 Å². The summed E-state index contributed by atoms with van der Waals surface area (Å²) in [7, 11) is 0.